The zero-order valence-electron chi connectivity index (χ0n) is 15.8. The van der Waals surface area contributed by atoms with Crippen LogP contribution >= 0.6 is 0 Å². The van der Waals surface area contributed by atoms with E-state index in [1.165, 1.54) is 24.8 Å². The van der Waals surface area contributed by atoms with Crippen LogP contribution in [-0.2, 0) is 0 Å². The third kappa shape index (κ3) is 2.34. The van der Waals surface area contributed by atoms with Crippen molar-refractivity contribution in [3.05, 3.63) is 35.9 Å². The molecule has 2 saturated carbocycles. The number of hydrogen-bond acceptors (Lipinski definition) is 10. The molecule has 0 spiro atoms. The van der Waals surface area contributed by atoms with E-state index >= 15 is 0 Å². The number of primary amides is 2. The van der Waals surface area contributed by atoms with Gasteiger partial charge in [-0.3, -0.25) is 9.59 Å². The number of piperazine rings is 1. The number of carbonyl (C=O) groups excluding carboxylic acids is 2. The number of fused-ring (bicyclic) bond motifs is 2. The lowest BCUT2D eigenvalue weighted by molar-refractivity contribution is -0.176. The minimum Gasteiger partial charge on any atom is -0.369 e. The second-order valence-corrected chi connectivity index (χ2v) is 7.88. The number of nitrogens with two attached hydrogens (primary N) is 2. The Morgan fingerprint density at radius 1 is 0.800 bits per heavy atom. The molecule has 156 valence electrons. The van der Waals surface area contributed by atoms with Crippen LogP contribution in [0, 0.1) is 0 Å². The number of anilines is 2. The van der Waals surface area contributed by atoms with Crippen LogP contribution in [-0.4, -0.2) is 65.5 Å². The molecule has 6 N–H and O–H groups in total. The highest BCUT2D eigenvalue weighted by molar-refractivity contribution is 5.92. The standard InChI is InChI=1S/C18H20N8O4/c19-13(27)9-5-21-15(22-6-9)25-11-1-3-17(11,29)26(12-2-4-18(12,25)30)16-23-7-10(8-24-16)14(20)28/h5-8,11-12,29-30H,1-4H2,(H2,19,27)(H2,20,28). The van der Waals surface area contributed by atoms with Gasteiger partial charge in [-0.15, -0.1) is 0 Å². The predicted molar refractivity (Wildman–Crippen MR) is 102 cm³/mol. The number of aromatic nitrogens is 4. The largest absolute Gasteiger partial charge is 0.369 e. The van der Waals surface area contributed by atoms with Crippen LogP contribution in [0.1, 0.15) is 46.4 Å². The van der Waals surface area contributed by atoms with Crippen molar-refractivity contribution in [2.75, 3.05) is 9.80 Å². The van der Waals surface area contributed by atoms with E-state index in [9.17, 15) is 19.8 Å². The van der Waals surface area contributed by atoms with E-state index in [4.69, 9.17) is 11.5 Å². The van der Waals surface area contributed by atoms with Crippen molar-refractivity contribution in [3.8, 4) is 0 Å². The van der Waals surface area contributed by atoms with Gasteiger partial charge in [-0.25, -0.2) is 19.9 Å². The van der Waals surface area contributed by atoms with Gasteiger partial charge in [-0.2, -0.15) is 0 Å². The minimum absolute atomic E-state index is 0.154. The molecule has 4 atom stereocenters. The maximum absolute atomic E-state index is 11.5. The van der Waals surface area contributed by atoms with E-state index < -0.39 is 35.3 Å². The summed E-state index contributed by atoms with van der Waals surface area (Å²) in [7, 11) is 0. The van der Waals surface area contributed by atoms with Gasteiger partial charge >= 0.3 is 0 Å². The molecule has 5 rings (SSSR count). The maximum Gasteiger partial charge on any atom is 0.251 e. The van der Waals surface area contributed by atoms with E-state index in [0.29, 0.717) is 25.7 Å². The van der Waals surface area contributed by atoms with Crippen LogP contribution < -0.4 is 21.3 Å². The Morgan fingerprint density at radius 3 is 1.37 bits per heavy atom. The zero-order chi connectivity index (χ0) is 21.3. The van der Waals surface area contributed by atoms with E-state index in [0.717, 1.165) is 0 Å². The molecule has 0 radical (unpaired) electrons. The molecule has 2 aliphatic carbocycles. The van der Waals surface area contributed by atoms with Crippen molar-refractivity contribution in [3.63, 3.8) is 0 Å². The van der Waals surface area contributed by atoms with Crippen molar-refractivity contribution in [2.24, 2.45) is 11.5 Å². The van der Waals surface area contributed by atoms with Crippen LogP contribution in [0.2, 0.25) is 0 Å². The summed E-state index contributed by atoms with van der Waals surface area (Å²) in [6, 6.07) is -1.03. The van der Waals surface area contributed by atoms with Crippen LogP contribution in [0.5, 0.6) is 0 Å². The summed E-state index contributed by atoms with van der Waals surface area (Å²) in [4.78, 5) is 42.7. The smallest absolute Gasteiger partial charge is 0.251 e. The average molecular weight is 412 g/mol. The Hall–Kier alpha value is -3.38. The third-order valence-corrected chi connectivity index (χ3v) is 6.37. The number of rotatable bonds is 4. The summed E-state index contributed by atoms with van der Waals surface area (Å²) in [5, 5.41) is 23.0. The molecular weight excluding hydrogens is 392 g/mol. The van der Waals surface area contributed by atoms with E-state index in [2.05, 4.69) is 19.9 Å². The first-order valence-electron chi connectivity index (χ1n) is 9.53. The van der Waals surface area contributed by atoms with Crippen LogP contribution in [0.3, 0.4) is 0 Å². The topological polar surface area (TPSA) is 185 Å². The fraction of sp³-hybridized carbons (Fsp3) is 0.444. The number of amides is 2. The van der Waals surface area contributed by atoms with Gasteiger partial charge in [0.2, 0.25) is 11.9 Å². The summed E-state index contributed by atoms with van der Waals surface area (Å²) >= 11 is 0. The lowest BCUT2D eigenvalue weighted by Crippen LogP contribution is -2.87. The molecule has 0 bridgehead atoms. The fourth-order valence-corrected chi connectivity index (χ4v) is 4.61. The Bertz CT molecular complexity index is 948. The monoisotopic (exact) mass is 412 g/mol. The van der Waals surface area contributed by atoms with Gasteiger partial charge in [0.15, 0.2) is 11.4 Å². The summed E-state index contributed by atoms with van der Waals surface area (Å²) < 4.78 is 0. The highest BCUT2D eigenvalue weighted by atomic mass is 16.3. The SMILES string of the molecule is NC(=O)c1cnc(N2C3CCC3(O)N(c3ncc(C(N)=O)cn3)C3CCC32O)nc1. The van der Waals surface area contributed by atoms with E-state index in [1.54, 1.807) is 9.80 Å². The molecule has 3 fully saturated rings. The van der Waals surface area contributed by atoms with Crippen LogP contribution in [0.15, 0.2) is 24.8 Å². The second kappa shape index (κ2) is 6.06. The molecule has 4 unspecified atom stereocenters. The molecule has 12 nitrogen and oxygen atoms in total. The summed E-state index contributed by atoms with van der Waals surface area (Å²) in [6.07, 6.45) is 7.25. The Balaban J connectivity index is 1.54. The van der Waals surface area contributed by atoms with Crippen molar-refractivity contribution in [2.45, 2.75) is 49.2 Å². The van der Waals surface area contributed by atoms with Crippen LogP contribution in [0.25, 0.3) is 0 Å². The van der Waals surface area contributed by atoms with Gasteiger partial charge in [0.05, 0.1) is 23.2 Å². The normalized spacial score (nSPS) is 31.8. The highest BCUT2D eigenvalue weighted by Crippen LogP contribution is 2.56. The molecule has 2 aromatic heterocycles. The molecule has 2 amide bonds. The van der Waals surface area contributed by atoms with Gasteiger partial charge in [-0.1, -0.05) is 0 Å². The molecule has 1 saturated heterocycles. The quantitative estimate of drug-likeness (QED) is 0.460. The first-order valence-corrected chi connectivity index (χ1v) is 9.53. The lowest BCUT2D eigenvalue weighted by atomic mass is 9.67. The minimum atomic E-state index is -1.35. The first kappa shape index (κ1) is 18.6. The molecule has 3 heterocycles. The van der Waals surface area contributed by atoms with Gasteiger partial charge in [0, 0.05) is 24.8 Å². The number of nitrogens with zero attached hydrogens (tertiary/aromatic N) is 6. The van der Waals surface area contributed by atoms with Crippen molar-refractivity contribution < 1.29 is 19.8 Å². The molecule has 2 aromatic rings. The molecular formula is C18H20N8O4. The fourth-order valence-electron chi connectivity index (χ4n) is 4.61. The van der Waals surface area contributed by atoms with Gasteiger partial charge in [-0.05, 0) is 25.7 Å². The maximum atomic E-state index is 11.5. The highest BCUT2D eigenvalue weighted by Gasteiger charge is 2.70. The third-order valence-electron chi connectivity index (χ3n) is 6.37. The molecule has 3 aliphatic rings. The van der Waals surface area contributed by atoms with Gasteiger partial charge < -0.3 is 31.5 Å². The molecule has 12 heteroatoms. The first-order chi connectivity index (χ1) is 14.3. The lowest BCUT2D eigenvalue weighted by Gasteiger charge is -2.70. The van der Waals surface area contributed by atoms with Gasteiger partial charge in [0.1, 0.15) is 0 Å². The van der Waals surface area contributed by atoms with Crippen molar-refractivity contribution in [1.29, 1.82) is 0 Å². The number of carbonyl (C=O) groups is 2. The number of aliphatic hydroxyl groups is 2. The summed E-state index contributed by atoms with van der Waals surface area (Å²) in [5.74, 6) is -0.883. The van der Waals surface area contributed by atoms with Crippen LogP contribution in [0.4, 0.5) is 11.9 Å². The van der Waals surface area contributed by atoms with E-state index in [1.807, 2.05) is 0 Å². The zero-order valence-corrected chi connectivity index (χ0v) is 15.8. The molecule has 0 aromatic carbocycles. The van der Waals surface area contributed by atoms with Crippen molar-refractivity contribution in [1.82, 2.24) is 19.9 Å². The molecule has 1 aliphatic heterocycles. The Kier molecular flexibility index (Phi) is 3.76. The Morgan fingerprint density at radius 2 is 1.13 bits per heavy atom. The molecule has 30 heavy (non-hydrogen) atoms. The van der Waals surface area contributed by atoms with E-state index in [-0.39, 0.29) is 23.0 Å². The van der Waals surface area contributed by atoms with Gasteiger partial charge in [0.25, 0.3) is 11.8 Å². The Labute approximate surface area is 170 Å². The predicted octanol–water partition coefficient (Wildman–Crippen LogP) is -1.51. The number of hydrogen-bond donors (Lipinski definition) is 4. The summed E-state index contributed by atoms with van der Waals surface area (Å²) in [6.45, 7) is 0. The van der Waals surface area contributed by atoms with Crippen molar-refractivity contribution >= 4 is 23.7 Å². The average Bonchev–Trinajstić information content (AvgIpc) is 2.72. The second-order valence-electron chi connectivity index (χ2n) is 7.88. The summed E-state index contributed by atoms with van der Waals surface area (Å²) in [5.41, 5.74) is 8.11.